The van der Waals surface area contributed by atoms with E-state index >= 15 is 0 Å². The van der Waals surface area contributed by atoms with Crippen LogP contribution in [-0.2, 0) is 11.3 Å². The van der Waals surface area contributed by atoms with Crippen LogP contribution in [0, 0.1) is 6.92 Å². The number of likely N-dealkylation sites (N-methyl/N-ethyl adjacent to an activating group) is 1. The Morgan fingerprint density at radius 3 is 2.79 bits per heavy atom. The summed E-state index contributed by atoms with van der Waals surface area (Å²) in [4.78, 5) is 23.6. The molecule has 1 N–H and O–H groups in total. The molecule has 2 heterocycles. The lowest BCUT2D eigenvalue weighted by atomic mass is 10.1. The molecule has 0 saturated heterocycles. The molecule has 0 aliphatic heterocycles. The number of nitrogens with one attached hydrogen (secondary N) is 1. The third kappa shape index (κ3) is 4.44. The van der Waals surface area contributed by atoms with Crippen LogP contribution in [0.5, 0.6) is 0 Å². The maximum atomic E-state index is 12.5. The predicted molar refractivity (Wildman–Crippen MR) is 117 cm³/mol. The summed E-state index contributed by atoms with van der Waals surface area (Å²) in [6, 6.07) is 15.9. The Balaban J connectivity index is 1.37. The average molecular weight is 409 g/mol. The smallest absolute Gasteiger partial charge is 0.238 e. The number of benzene rings is 2. The Hall–Kier alpha value is -2.61. The number of para-hydroxylation sites is 1. The van der Waals surface area contributed by atoms with E-state index in [9.17, 15) is 4.79 Å². The second-order valence-corrected chi connectivity index (χ2v) is 8.81. The minimum absolute atomic E-state index is 0.0461. The lowest BCUT2D eigenvalue weighted by molar-refractivity contribution is -0.117. The maximum absolute atomic E-state index is 12.5. The summed E-state index contributed by atoms with van der Waals surface area (Å²) in [7, 11) is 1.93. The van der Waals surface area contributed by atoms with Crippen LogP contribution >= 0.6 is 22.7 Å². The van der Waals surface area contributed by atoms with Crippen LogP contribution in [0.4, 0.5) is 5.69 Å². The van der Waals surface area contributed by atoms with E-state index in [2.05, 4.69) is 21.4 Å². The summed E-state index contributed by atoms with van der Waals surface area (Å²) in [5, 5.41) is 7.05. The number of aryl methyl sites for hydroxylation is 1. The van der Waals surface area contributed by atoms with Crippen molar-refractivity contribution in [1.82, 2.24) is 14.9 Å². The average Bonchev–Trinajstić information content (AvgIpc) is 3.27. The van der Waals surface area contributed by atoms with Gasteiger partial charge in [-0.25, -0.2) is 9.97 Å². The van der Waals surface area contributed by atoms with Crippen molar-refractivity contribution in [3.63, 3.8) is 0 Å². The molecule has 2 aromatic carbocycles. The molecule has 4 aromatic rings. The summed E-state index contributed by atoms with van der Waals surface area (Å²) in [6.07, 6.45) is 0. The van der Waals surface area contributed by atoms with Crippen LogP contribution < -0.4 is 5.32 Å². The van der Waals surface area contributed by atoms with Crippen molar-refractivity contribution >= 4 is 44.5 Å². The van der Waals surface area contributed by atoms with Gasteiger partial charge in [-0.3, -0.25) is 9.69 Å². The van der Waals surface area contributed by atoms with Crippen LogP contribution in [-0.4, -0.2) is 34.4 Å². The molecule has 0 aliphatic carbocycles. The third-order valence-electron chi connectivity index (χ3n) is 4.22. The second-order valence-electron chi connectivity index (χ2n) is 6.63. The van der Waals surface area contributed by atoms with Gasteiger partial charge >= 0.3 is 0 Å². The lowest BCUT2D eigenvalue weighted by Crippen LogP contribution is -2.29. The minimum Gasteiger partial charge on any atom is -0.325 e. The zero-order valence-corrected chi connectivity index (χ0v) is 17.3. The van der Waals surface area contributed by atoms with E-state index in [1.165, 1.54) is 4.70 Å². The highest BCUT2D eigenvalue weighted by molar-refractivity contribution is 7.18. The van der Waals surface area contributed by atoms with E-state index in [-0.39, 0.29) is 5.91 Å². The first kappa shape index (κ1) is 18.7. The molecule has 28 heavy (non-hydrogen) atoms. The number of amides is 1. The van der Waals surface area contributed by atoms with Crippen LogP contribution in [0.15, 0.2) is 53.9 Å². The quantitative estimate of drug-likeness (QED) is 0.498. The zero-order chi connectivity index (χ0) is 19.5. The van der Waals surface area contributed by atoms with Crippen LogP contribution in [0.2, 0.25) is 0 Å². The Morgan fingerprint density at radius 2 is 2.00 bits per heavy atom. The summed E-state index contributed by atoms with van der Waals surface area (Å²) >= 11 is 3.29. The van der Waals surface area contributed by atoms with Crippen LogP contribution in [0.3, 0.4) is 0 Å². The molecule has 2 aromatic heterocycles. The molecule has 0 fully saturated rings. The number of rotatable bonds is 6. The van der Waals surface area contributed by atoms with Crippen molar-refractivity contribution in [2.75, 3.05) is 18.9 Å². The molecule has 0 saturated carbocycles. The van der Waals surface area contributed by atoms with Gasteiger partial charge in [0.2, 0.25) is 5.91 Å². The molecule has 7 heteroatoms. The van der Waals surface area contributed by atoms with Gasteiger partial charge in [-0.1, -0.05) is 24.3 Å². The van der Waals surface area contributed by atoms with Crippen molar-refractivity contribution in [3.05, 3.63) is 63.9 Å². The van der Waals surface area contributed by atoms with Crippen molar-refractivity contribution < 1.29 is 4.79 Å². The van der Waals surface area contributed by atoms with Gasteiger partial charge in [0, 0.05) is 16.6 Å². The fourth-order valence-electron chi connectivity index (χ4n) is 2.97. The number of hydrogen-bond acceptors (Lipinski definition) is 6. The molecule has 1 amide bonds. The van der Waals surface area contributed by atoms with E-state index in [4.69, 9.17) is 0 Å². The molecule has 0 aliphatic rings. The summed E-state index contributed by atoms with van der Waals surface area (Å²) in [5.74, 6) is -0.0461. The number of hydrogen-bond donors (Lipinski definition) is 1. The Kier molecular flexibility index (Phi) is 5.47. The van der Waals surface area contributed by atoms with Crippen LogP contribution in [0.1, 0.15) is 10.0 Å². The molecular weight excluding hydrogens is 388 g/mol. The monoisotopic (exact) mass is 408 g/mol. The maximum Gasteiger partial charge on any atom is 0.238 e. The van der Waals surface area contributed by atoms with E-state index in [1.54, 1.807) is 22.7 Å². The first-order valence-electron chi connectivity index (χ1n) is 8.92. The minimum atomic E-state index is -0.0461. The molecule has 4 rings (SSSR count). The fourth-order valence-corrected chi connectivity index (χ4v) is 4.64. The molecule has 142 valence electrons. The number of thiazole rings is 2. The third-order valence-corrected chi connectivity index (χ3v) is 6.01. The largest absolute Gasteiger partial charge is 0.325 e. The summed E-state index contributed by atoms with van der Waals surface area (Å²) in [5.41, 5.74) is 3.73. The Labute approximate surface area is 171 Å². The van der Waals surface area contributed by atoms with E-state index < -0.39 is 0 Å². The highest BCUT2D eigenvalue weighted by Crippen LogP contribution is 2.24. The lowest BCUT2D eigenvalue weighted by Gasteiger charge is -2.15. The standard InChI is InChI=1S/C21H20N4OS2/c1-14-22-18(13-27-14)15-6-5-7-16(10-15)23-20(26)11-25(2)12-21-24-17-8-3-4-9-19(17)28-21/h3-10,13H,11-12H2,1-2H3,(H,23,26). The van der Waals surface area contributed by atoms with Crippen molar-refractivity contribution in [2.24, 2.45) is 0 Å². The van der Waals surface area contributed by atoms with Crippen molar-refractivity contribution in [2.45, 2.75) is 13.5 Å². The van der Waals surface area contributed by atoms with Gasteiger partial charge in [0.1, 0.15) is 5.01 Å². The number of carbonyl (C=O) groups is 1. The summed E-state index contributed by atoms with van der Waals surface area (Å²) < 4.78 is 1.17. The van der Waals surface area contributed by atoms with Gasteiger partial charge in [0.05, 0.1) is 34.0 Å². The van der Waals surface area contributed by atoms with Gasteiger partial charge in [-0.05, 0) is 38.2 Å². The SMILES string of the molecule is Cc1nc(-c2cccc(NC(=O)CN(C)Cc3nc4ccccc4s3)c2)cs1. The predicted octanol–water partition coefficient (Wildman–Crippen LogP) is 4.80. The molecule has 0 spiro atoms. The first-order valence-corrected chi connectivity index (χ1v) is 10.6. The Morgan fingerprint density at radius 1 is 1.14 bits per heavy atom. The number of aromatic nitrogens is 2. The van der Waals surface area contributed by atoms with Gasteiger partial charge in [0.25, 0.3) is 0 Å². The number of carbonyl (C=O) groups excluding carboxylic acids is 1. The fraction of sp³-hybridized carbons (Fsp3) is 0.190. The molecule has 0 atom stereocenters. The highest BCUT2D eigenvalue weighted by atomic mass is 32.1. The first-order chi connectivity index (χ1) is 13.6. The zero-order valence-electron chi connectivity index (χ0n) is 15.7. The van der Waals surface area contributed by atoms with Gasteiger partial charge < -0.3 is 5.32 Å². The normalized spacial score (nSPS) is 11.2. The van der Waals surface area contributed by atoms with Gasteiger partial charge in [-0.15, -0.1) is 22.7 Å². The molecule has 0 unspecified atom stereocenters. The number of nitrogens with zero attached hydrogens (tertiary/aromatic N) is 3. The molecule has 0 radical (unpaired) electrons. The second kappa shape index (κ2) is 8.18. The summed E-state index contributed by atoms with van der Waals surface area (Å²) in [6.45, 7) is 2.93. The molecule has 5 nitrogen and oxygen atoms in total. The number of anilines is 1. The molecular formula is C21H20N4OS2. The van der Waals surface area contributed by atoms with E-state index in [0.717, 1.165) is 32.5 Å². The van der Waals surface area contributed by atoms with Gasteiger partial charge in [-0.2, -0.15) is 0 Å². The Bertz CT molecular complexity index is 1090. The van der Waals surface area contributed by atoms with E-state index in [0.29, 0.717) is 13.1 Å². The van der Waals surface area contributed by atoms with Crippen molar-refractivity contribution in [1.29, 1.82) is 0 Å². The van der Waals surface area contributed by atoms with Gasteiger partial charge in [0.15, 0.2) is 0 Å². The highest BCUT2D eigenvalue weighted by Gasteiger charge is 2.11. The molecule has 0 bridgehead atoms. The number of fused-ring (bicyclic) bond motifs is 1. The van der Waals surface area contributed by atoms with Crippen LogP contribution in [0.25, 0.3) is 21.5 Å². The van der Waals surface area contributed by atoms with Crippen molar-refractivity contribution in [3.8, 4) is 11.3 Å². The van der Waals surface area contributed by atoms with E-state index in [1.807, 2.05) is 66.7 Å². The topological polar surface area (TPSA) is 58.1 Å².